The third-order valence-electron chi connectivity index (χ3n) is 2.68. The van der Waals surface area contributed by atoms with Gasteiger partial charge in [-0.05, 0) is 11.8 Å². The zero-order chi connectivity index (χ0) is 10.5. The highest BCUT2D eigenvalue weighted by Crippen LogP contribution is 2.35. The van der Waals surface area contributed by atoms with Gasteiger partial charge in [0, 0.05) is 6.42 Å². The maximum atomic E-state index is 9.92. The first-order valence-corrected chi connectivity index (χ1v) is 4.43. The van der Waals surface area contributed by atoms with Crippen molar-refractivity contribution in [3.63, 3.8) is 0 Å². The molecule has 2 aliphatic heterocycles. The number of aliphatic hydroxyl groups is 1. The minimum Gasteiger partial charge on any atom is -0.390 e. The van der Waals surface area contributed by atoms with Crippen molar-refractivity contribution in [3.05, 3.63) is 0 Å². The van der Waals surface area contributed by atoms with Gasteiger partial charge in [0.15, 0.2) is 6.29 Å². The van der Waals surface area contributed by atoms with Crippen LogP contribution in [0.2, 0.25) is 0 Å². The fourth-order valence-electron chi connectivity index (χ4n) is 1.87. The Morgan fingerprint density at radius 3 is 3.00 bits per heavy atom. The van der Waals surface area contributed by atoms with Gasteiger partial charge in [0.1, 0.15) is 6.10 Å². The molecule has 0 aromatic heterocycles. The quantitative estimate of drug-likeness (QED) is 0.638. The summed E-state index contributed by atoms with van der Waals surface area (Å²) >= 11 is 0. The van der Waals surface area contributed by atoms with Crippen LogP contribution in [0.1, 0.15) is 23.0 Å². The first kappa shape index (κ1) is 6.35. The molecule has 0 spiro atoms. The topological polar surface area (TPSA) is 38.7 Å². The van der Waals surface area contributed by atoms with Gasteiger partial charge in [0.25, 0.3) is 0 Å². The molecule has 0 amide bonds. The Bertz CT molecular complexity index is 232. The van der Waals surface area contributed by atoms with Crippen LogP contribution in [0.25, 0.3) is 0 Å². The van der Waals surface area contributed by atoms with E-state index < -0.39 is 25.1 Å². The van der Waals surface area contributed by atoms with Crippen molar-refractivity contribution < 1.29 is 17.3 Å². The monoisotopic (exact) mass is 174 g/mol. The number of ether oxygens (including phenoxy) is 2. The Morgan fingerprint density at radius 2 is 2.33 bits per heavy atom. The molecule has 2 saturated heterocycles. The standard InChI is InChI=1S/C9H16O3/c1-5(2)6-3-8-11-4-7(12-8)9(6)10/h5-10H,3-4H2,1-2H3/t6-,7-,8-,9-/m0/s1/i4D2. The van der Waals surface area contributed by atoms with Crippen LogP contribution in [0.5, 0.6) is 0 Å². The van der Waals surface area contributed by atoms with Crippen molar-refractivity contribution in [2.24, 2.45) is 11.8 Å². The van der Waals surface area contributed by atoms with Gasteiger partial charge in [-0.1, -0.05) is 13.8 Å². The summed E-state index contributed by atoms with van der Waals surface area (Å²) in [6.07, 6.45) is -1.49. The molecule has 70 valence electrons. The molecule has 4 atom stereocenters. The van der Waals surface area contributed by atoms with E-state index in [1.165, 1.54) is 0 Å². The number of fused-ring (bicyclic) bond motifs is 2. The van der Waals surface area contributed by atoms with Gasteiger partial charge in [-0.2, -0.15) is 0 Å². The minimum absolute atomic E-state index is 0.0660. The van der Waals surface area contributed by atoms with Crippen molar-refractivity contribution >= 4 is 0 Å². The average Bonchev–Trinajstić information content (AvgIpc) is 2.30. The normalized spacial score (nSPS) is 53.7. The average molecular weight is 174 g/mol. The zero-order valence-corrected chi connectivity index (χ0v) is 7.36. The molecule has 2 heterocycles. The van der Waals surface area contributed by atoms with Crippen LogP contribution >= 0.6 is 0 Å². The van der Waals surface area contributed by atoms with Crippen LogP contribution in [0.3, 0.4) is 0 Å². The van der Waals surface area contributed by atoms with Gasteiger partial charge < -0.3 is 14.6 Å². The van der Waals surface area contributed by atoms with E-state index in [4.69, 9.17) is 12.2 Å². The summed E-state index contributed by atoms with van der Waals surface area (Å²) in [4.78, 5) is 0. The Labute approximate surface area is 75.5 Å². The summed E-state index contributed by atoms with van der Waals surface area (Å²) in [5, 5.41) is 9.92. The second-order valence-corrected chi connectivity index (χ2v) is 3.86. The predicted molar refractivity (Wildman–Crippen MR) is 43.6 cm³/mol. The van der Waals surface area contributed by atoms with Crippen LogP contribution in [-0.2, 0) is 9.47 Å². The highest BCUT2D eigenvalue weighted by Gasteiger charge is 2.43. The first-order valence-electron chi connectivity index (χ1n) is 5.43. The number of rotatable bonds is 1. The maximum Gasteiger partial charge on any atom is 0.158 e. The highest BCUT2D eigenvalue weighted by molar-refractivity contribution is 4.87. The minimum atomic E-state index is -1.84. The lowest BCUT2D eigenvalue weighted by atomic mass is 9.84. The van der Waals surface area contributed by atoms with E-state index in [-0.39, 0.29) is 5.92 Å². The fraction of sp³-hybridized carbons (Fsp3) is 1.00. The molecule has 0 aromatic rings. The second-order valence-electron chi connectivity index (χ2n) is 3.86. The molecule has 1 N–H and O–H groups in total. The van der Waals surface area contributed by atoms with Crippen molar-refractivity contribution in [1.29, 1.82) is 0 Å². The summed E-state index contributed by atoms with van der Waals surface area (Å²) in [5.41, 5.74) is 0. The molecular formula is C9H16O3. The van der Waals surface area contributed by atoms with E-state index in [1.54, 1.807) is 0 Å². The maximum absolute atomic E-state index is 9.92. The lowest BCUT2D eigenvalue weighted by Gasteiger charge is -2.34. The van der Waals surface area contributed by atoms with Gasteiger partial charge >= 0.3 is 0 Å². The van der Waals surface area contributed by atoms with Gasteiger partial charge in [-0.15, -0.1) is 0 Å². The molecule has 0 radical (unpaired) electrons. The molecule has 0 aliphatic carbocycles. The van der Waals surface area contributed by atoms with E-state index in [2.05, 4.69) is 0 Å². The smallest absolute Gasteiger partial charge is 0.158 e. The van der Waals surface area contributed by atoms with Crippen LogP contribution in [0.15, 0.2) is 0 Å². The Hall–Kier alpha value is -0.120. The highest BCUT2D eigenvalue weighted by atomic mass is 16.7. The zero-order valence-electron chi connectivity index (χ0n) is 9.36. The fourth-order valence-corrected chi connectivity index (χ4v) is 1.87. The number of aliphatic hydroxyl groups excluding tert-OH is 1. The summed E-state index contributed by atoms with van der Waals surface area (Å²) in [5.74, 6) is 0.382. The molecule has 2 aliphatic rings. The van der Waals surface area contributed by atoms with Crippen LogP contribution < -0.4 is 0 Å². The van der Waals surface area contributed by atoms with Crippen molar-refractivity contribution in [3.8, 4) is 0 Å². The molecule has 2 bridgehead atoms. The molecule has 3 nitrogen and oxygen atoms in total. The Morgan fingerprint density at radius 1 is 1.58 bits per heavy atom. The lowest BCUT2D eigenvalue weighted by molar-refractivity contribution is -0.151. The summed E-state index contributed by atoms with van der Waals surface area (Å²) < 4.78 is 25.4. The van der Waals surface area contributed by atoms with Gasteiger partial charge in [0.05, 0.1) is 15.4 Å². The second kappa shape index (κ2) is 2.98. The van der Waals surface area contributed by atoms with E-state index in [1.807, 2.05) is 13.8 Å². The van der Waals surface area contributed by atoms with Gasteiger partial charge in [0.2, 0.25) is 0 Å². The third kappa shape index (κ3) is 1.26. The molecule has 2 fully saturated rings. The summed E-state index contributed by atoms with van der Waals surface area (Å²) in [6, 6.07) is 0. The molecule has 0 unspecified atom stereocenters. The third-order valence-corrected chi connectivity index (χ3v) is 2.68. The predicted octanol–water partition coefficient (Wildman–Crippen LogP) is 0.765. The largest absolute Gasteiger partial charge is 0.390 e. The number of hydrogen-bond donors (Lipinski definition) is 1. The van der Waals surface area contributed by atoms with Crippen LogP contribution in [0.4, 0.5) is 0 Å². The molecule has 0 aromatic carbocycles. The molecule has 3 heteroatoms. The van der Waals surface area contributed by atoms with E-state index in [0.29, 0.717) is 12.3 Å². The van der Waals surface area contributed by atoms with Gasteiger partial charge in [-0.25, -0.2) is 0 Å². The number of hydrogen-bond acceptors (Lipinski definition) is 3. The lowest BCUT2D eigenvalue weighted by Crippen LogP contribution is -2.42. The Balaban J connectivity index is 2.19. The summed E-state index contributed by atoms with van der Waals surface area (Å²) in [7, 11) is 0. The molecule has 2 rings (SSSR count). The Kier molecular flexibility index (Phi) is 1.58. The van der Waals surface area contributed by atoms with Crippen molar-refractivity contribution in [2.45, 2.75) is 38.8 Å². The SMILES string of the molecule is [2H]C1([2H])O[C@@H]2C[C@@H](C(C)C)[C@H](O)[C@H]1O2. The van der Waals surface area contributed by atoms with Crippen molar-refractivity contribution in [2.75, 3.05) is 6.56 Å². The van der Waals surface area contributed by atoms with Gasteiger partial charge in [-0.3, -0.25) is 0 Å². The van der Waals surface area contributed by atoms with E-state index in [0.717, 1.165) is 0 Å². The van der Waals surface area contributed by atoms with E-state index in [9.17, 15) is 5.11 Å². The summed E-state index contributed by atoms with van der Waals surface area (Å²) in [6.45, 7) is 2.20. The first-order chi connectivity index (χ1) is 6.42. The molecule has 12 heavy (non-hydrogen) atoms. The van der Waals surface area contributed by atoms with E-state index >= 15 is 0 Å². The van der Waals surface area contributed by atoms with Crippen molar-refractivity contribution in [1.82, 2.24) is 0 Å². The molecular weight excluding hydrogens is 156 g/mol. The van der Waals surface area contributed by atoms with Crippen LogP contribution in [0, 0.1) is 11.8 Å². The van der Waals surface area contributed by atoms with Crippen LogP contribution in [-0.4, -0.2) is 30.2 Å². The molecule has 0 saturated carbocycles.